The fourth-order valence-electron chi connectivity index (χ4n) is 8.71. The average Bonchev–Trinajstić information content (AvgIpc) is 3.45. The van der Waals surface area contributed by atoms with E-state index in [-0.39, 0.29) is 5.41 Å². The van der Waals surface area contributed by atoms with Gasteiger partial charge in [0.25, 0.3) is 0 Å². The molecule has 0 saturated heterocycles. The van der Waals surface area contributed by atoms with Gasteiger partial charge in [-0.25, -0.2) is 0 Å². The summed E-state index contributed by atoms with van der Waals surface area (Å²) < 4.78 is 0. The van der Waals surface area contributed by atoms with Gasteiger partial charge in [-0.3, -0.25) is 0 Å². The standard InChI is InChI=1S/C51H37N/c1-51(2)48-21-10-9-19-46(48)49-47(33-39-15-6-8-18-45(39)50(49)51)37-25-29-41(30-26-37)52(42-31-22-34-12-3-4-14-38(34)32-42)40-27-23-36(24-28-40)44-20-11-16-35-13-5-7-17-43(35)44/h3-33H,1-2H3. The number of hydrogen-bond donors (Lipinski definition) is 0. The van der Waals surface area contributed by atoms with Gasteiger partial charge < -0.3 is 4.90 Å². The largest absolute Gasteiger partial charge is 0.310 e. The summed E-state index contributed by atoms with van der Waals surface area (Å²) in [4.78, 5) is 2.38. The first-order chi connectivity index (χ1) is 25.5. The van der Waals surface area contributed by atoms with Gasteiger partial charge in [-0.15, -0.1) is 0 Å². The lowest BCUT2D eigenvalue weighted by atomic mass is 9.79. The minimum atomic E-state index is -0.0907. The molecule has 1 aliphatic rings. The molecule has 246 valence electrons. The maximum Gasteiger partial charge on any atom is 0.0468 e. The fourth-order valence-corrected chi connectivity index (χ4v) is 8.71. The van der Waals surface area contributed by atoms with Crippen LogP contribution in [0.3, 0.4) is 0 Å². The Kier molecular flexibility index (Phi) is 6.91. The number of nitrogens with zero attached hydrogens (tertiary/aromatic N) is 1. The van der Waals surface area contributed by atoms with Crippen LogP contribution in [-0.4, -0.2) is 0 Å². The second kappa shape index (κ2) is 11.8. The molecule has 52 heavy (non-hydrogen) atoms. The van der Waals surface area contributed by atoms with Crippen molar-refractivity contribution in [3.8, 4) is 33.4 Å². The predicted octanol–water partition coefficient (Wildman–Crippen LogP) is 14.3. The van der Waals surface area contributed by atoms with Crippen molar-refractivity contribution in [2.24, 2.45) is 0 Å². The van der Waals surface area contributed by atoms with Crippen LogP contribution in [0.15, 0.2) is 188 Å². The highest BCUT2D eigenvalue weighted by Gasteiger charge is 2.38. The number of rotatable bonds is 5. The van der Waals surface area contributed by atoms with Crippen LogP contribution < -0.4 is 4.90 Å². The molecule has 0 unspecified atom stereocenters. The van der Waals surface area contributed by atoms with E-state index < -0.39 is 0 Å². The first-order valence-corrected chi connectivity index (χ1v) is 18.2. The van der Waals surface area contributed by atoms with Crippen LogP contribution in [0, 0.1) is 0 Å². The summed E-state index contributed by atoms with van der Waals surface area (Å²) in [6.07, 6.45) is 0. The lowest BCUT2D eigenvalue weighted by molar-refractivity contribution is 0.666. The second-order valence-electron chi connectivity index (χ2n) is 14.6. The summed E-state index contributed by atoms with van der Waals surface area (Å²) in [7, 11) is 0. The van der Waals surface area contributed by atoms with Crippen LogP contribution in [0.2, 0.25) is 0 Å². The maximum atomic E-state index is 2.40. The van der Waals surface area contributed by atoms with E-state index in [0.717, 1.165) is 17.1 Å². The lowest BCUT2D eigenvalue weighted by Crippen LogP contribution is -2.15. The van der Waals surface area contributed by atoms with Gasteiger partial charge in [0, 0.05) is 22.5 Å². The highest BCUT2D eigenvalue weighted by molar-refractivity contribution is 6.05. The predicted molar refractivity (Wildman–Crippen MR) is 222 cm³/mol. The monoisotopic (exact) mass is 663 g/mol. The molecule has 0 heterocycles. The molecule has 0 fully saturated rings. The van der Waals surface area contributed by atoms with Gasteiger partial charge in [-0.1, -0.05) is 159 Å². The van der Waals surface area contributed by atoms with Crippen molar-refractivity contribution in [2.45, 2.75) is 19.3 Å². The van der Waals surface area contributed by atoms with E-state index in [1.807, 2.05) is 0 Å². The van der Waals surface area contributed by atoms with Crippen molar-refractivity contribution in [2.75, 3.05) is 4.90 Å². The van der Waals surface area contributed by atoms with Crippen molar-refractivity contribution >= 4 is 49.4 Å². The SMILES string of the molecule is CC1(C)c2ccccc2-c2c(-c3ccc(N(c4ccc(-c5cccc6ccccc56)cc4)c4ccc5ccccc5c4)cc3)cc3ccccc3c21. The Morgan fingerprint density at radius 2 is 0.904 bits per heavy atom. The molecule has 0 radical (unpaired) electrons. The molecule has 0 saturated carbocycles. The van der Waals surface area contributed by atoms with Crippen molar-refractivity contribution in [3.05, 3.63) is 199 Å². The van der Waals surface area contributed by atoms with E-state index in [4.69, 9.17) is 0 Å². The molecule has 0 atom stereocenters. The van der Waals surface area contributed by atoms with E-state index in [0.29, 0.717) is 0 Å². The molecule has 0 spiro atoms. The topological polar surface area (TPSA) is 3.24 Å². The number of anilines is 3. The molecule has 1 heteroatoms. The molecule has 1 aliphatic carbocycles. The fraction of sp³-hybridized carbons (Fsp3) is 0.0588. The molecule has 0 aromatic heterocycles. The molecular formula is C51H37N. The average molecular weight is 664 g/mol. The Morgan fingerprint density at radius 3 is 1.65 bits per heavy atom. The first kappa shape index (κ1) is 30.4. The van der Waals surface area contributed by atoms with Gasteiger partial charge in [-0.05, 0) is 119 Å². The molecule has 10 rings (SSSR count). The molecule has 9 aromatic rings. The number of benzene rings is 9. The first-order valence-electron chi connectivity index (χ1n) is 18.2. The van der Waals surface area contributed by atoms with Crippen LogP contribution in [0.25, 0.3) is 65.7 Å². The molecule has 0 amide bonds. The van der Waals surface area contributed by atoms with Gasteiger partial charge in [0.1, 0.15) is 0 Å². The summed E-state index contributed by atoms with van der Waals surface area (Å²) >= 11 is 0. The van der Waals surface area contributed by atoms with Crippen LogP contribution >= 0.6 is 0 Å². The van der Waals surface area contributed by atoms with Crippen molar-refractivity contribution in [3.63, 3.8) is 0 Å². The summed E-state index contributed by atoms with van der Waals surface area (Å²) in [6, 6.07) is 69.1. The zero-order valence-electron chi connectivity index (χ0n) is 29.3. The van der Waals surface area contributed by atoms with E-state index in [9.17, 15) is 0 Å². The summed E-state index contributed by atoms with van der Waals surface area (Å²) in [6.45, 7) is 4.76. The summed E-state index contributed by atoms with van der Waals surface area (Å²) in [5, 5.41) is 7.61. The molecule has 1 nitrogen and oxygen atoms in total. The van der Waals surface area contributed by atoms with Gasteiger partial charge >= 0.3 is 0 Å². The van der Waals surface area contributed by atoms with E-state index >= 15 is 0 Å². The molecule has 9 aromatic carbocycles. The molecular weight excluding hydrogens is 627 g/mol. The maximum absolute atomic E-state index is 2.40. The zero-order valence-corrected chi connectivity index (χ0v) is 29.3. The summed E-state index contributed by atoms with van der Waals surface area (Å²) in [5.74, 6) is 0. The van der Waals surface area contributed by atoms with Gasteiger partial charge in [0.15, 0.2) is 0 Å². The molecule has 0 aliphatic heterocycles. The Balaban J connectivity index is 1.11. The quantitative estimate of drug-likeness (QED) is 0.177. The van der Waals surface area contributed by atoms with Gasteiger partial charge in [-0.2, -0.15) is 0 Å². The highest BCUT2D eigenvalue weighted by atomic mass is 15.1. The van der Waals surface area contributed by atoms with E-state index in [1.165, 1.54) is 76.8 Å². The summed E-state index contributed by atoms with van der Waals surface area (Å²) in [5.41, 5.74) is 13.8. The minimum Gasteiger partial charge on any atom is -0.310 e. The molecule has 0 bridgehead atoms. The minimum absolute atomic E-state index is 0.0907. The Bertz CT molecular complexity index is 2800. The smallest absolute Gasteiger partial charge is 0.0468 e. The lowest BCUT2D eigenvalue weighted by Gasteiger charge is -2.27. The Morgan fingerprint density at radius 1 is 0.365 bits per heavy atom. The molecule has 0 N–H and O–H groups in total. The second-order valence-corrected chi connectivity index (χ2v) is 14.6. The third-order valence-electron chi connectivity index (χ3n) is 11.2. The Hall–Kier alpha value is -6.44. The van der Waals surface area contributed by atoms with E-state index in [1.54, 1.807) is 0 Å². The zero-order chi connectivity index (χ0) is 34.8. The van der Waals surface area contributed by atoms with Crippen molar-refractivity contribution in [1.82, 2.24) is 0 Å². The third-order valence-corrected chi connectivity index (χ3v) is 11.2. The van der Waals surface area contributed by atoms with Crippen molar-refractivity contribution < 1.29 is 0 Å². The van der Waals surface area contributed by atoms with Crippen LogP contribution in [0.5, 0.6) is 0 Å². The number of hydrogen-bond acceptors (Lipinski definition) is 1. The van der Waals surface area contributed by atoms with Crippen LogP contribution in [-0.2, 0) is 5.41 Å². The Labute approximate surface area is 305 Å². The number of fused-ring (bicyclic) bond motifs is 7. The van der Waals surface area contributed by atoms with Crippen LogP contribution in [0.1, 0.15) is 25.0 Å². The van der Waals surface area contributed by atoms with Gasteiger partial charge in [0.05, 0.1) is 0 Å². The van der Waals surface area contributed by atoms with Crippen molar-refractivity contribution in [1.29, 1.82) is 0 Å². The highest BCUT2D eigenvalue weighted by Crippen LogP contribution is 2.55. The normalized spacial score (nSPS) is 13.0. The van der Waals surface area contributed by atoms with E-state index in [2.05, 4.69) is 207 Å². The van der Waals surface area contributed by atoms with Gasteiger partial charge in [0.2, 0.25) is 0 Å². The van der Waals surface area contributed by atoms with Crippen LogP contribution in [0.4, 0.5) is 17.1 Å². The third kappa shape index (κ3) is 4.77.